The van der Waals surface area contributed by atoms with Gasteiger partial charge in [0.15, 0.2) is 5.75 Å². The number of benzene rings is 1. The van der Waals surface area contributed by atoms with E-state index in [1.54, 1.807) is 0 Å². The second-order valence-electron chi connectivity index (χ2n) is 4.01. The molecule has 0 bridgehead atoms. The van der Waals surface area contributed by atoms with Crippen molar-refractivity contribution in [3.63, 3.8) is 0 Å². The maximum Gasteiger partial charge on any atom is 0.337 e. The van der Waals surface area contributed by atoms with Gasteiger partial charge in [-0.1, -0.05) is 23.2 Å². The van der Waals surface area contributed by atoms with Gasteiger partial charge in [0.1, 0.15) is 0 Å². The van der Waals surface area contributed by atoms with Crippen molar-refractivity contribution in [2.24, 2.45) is 5.92 Å². The summed E-state index contributed by atoms with van der Waals surface area (Å²) in [6, 6.07) is 3.00. The van der Waals surface area contributed by atoms with Crippen LogP contribution in [0.5, 0.6) is 5.75 Å². The second kappa shape index (κ2) is 5.15. The van der Waals surface area contributed by atoms with Crippen LogP contribution >= 0.6 is 23.2 Å². The third-order valence-electron chi connectivity index (χ3n) is 2.58. The number of halogens is 2. The van der Waals surface area contributed by atoms with E-state index in [2.05, 4.69) is 4.74 Å². The zero-order valence-corrected chi connectivity index (χ0v) is 10.8. The lowest BCUT2D eigenvalue weighted by molar-refractivity contribution is 0.0600. The Morgan fingerprint density at radius 1 is 1.35 bits per heavy atom. The van der Waals surface area contributed by atoms with E-state index in [0.717, 1.165) is 0 Å². The molecule has 17 heavy (non-hydrogen) atoms. The molecule has 0 radical (unpaired) electrons. The molecule has 1 saturated carbocycles. The zero-order chi connectivity index (χ0) is 12.4. The van der Waals surface area contributed by atoms with Crippen LogP contribution in [0.3, 0.4) is 0 Å². The van der Waals surface area contributed by atoms with E-state index in [0.29, 0.717) is 33.9 Å². The van der Waals surface area contributed by atoms with Crippen molar-refractivity contribution < 1.29 is 14.3 Å². The Labute approximate surface area is 110 Å². The second-order valence-corrected chi connectivity index (χ2v) is 4.83. The van der Waals surface area contributed by atoms with Crippen LogP contribution in [-0.4, -0.2) is 19.7 Å². The highest BCUT2D eigenvalue weighted by Crippen LogP contribution is 2.37. The summed E-state index contributed by atoms with van der Waals surface area (Å²) in [5.41, 5.74) is 0.321. The number of hydrogen-bond donors (Lipinski definition) is 0. The first-order valence-electron chi connectivity index (χ1n) is 5.32. The third kappa shape index (κ3) is 3.05. The molecule has 0 spiro atoms. The van der Waals surface area contributed by atoms with Gasteiger partial charge in [0.05, 0.1) is 29.3 Å². The molecule has 3 nitrogen and oxygen atoms in total. The number of carbonyl (C=O) groups excluding carboxylic acids is 1. The molecule has 1 aromatic rings. The smallest absolute Gasteiger partial charge is 0.337 e. The maximum absolute atomic E-state index is 11.3. The summed E-state index contributed by atoms with van der Waals surface area (Å²) < 4.78 is 10.1. The van der Waals surface area contributed by atoms with Gasteiger partial charge in [0, 0.05) is 0 Å². The monoisotopic (exact) mass is 274 g/mol. The number of methoxy groups -OCH3 is 1. The van der Waals surface area contributed by atoms with E-state index in [9.17, 15) is 4.79 Å². The topological polar surface area (TPSA) is 35.5 Å². The van der Waals surface area contributed by atoms with Crippen molar-refractivity contribution in [2.45, 2.75) is 12.8 Å². The minimum Gasteiger partial charge on any atom is -0.490 e. The van der Waals surface area contributed by atoms with E-state index in [1.165, 1.54) is 32.1 Å². The molecule has 5 heteroatoms. The normalized spacial score (nSPS) is 14.5. The standard InChI is InChI=1S/C12H12Cl2O3/c1-16-12(15)8-4-9(13)11(10(14)5-8)17-6-7-2-3-7/h4-5,7H,2-3,6H2,1H3. The van der Waals surface area contributed by atoms with Crippen molar-refractivity contribution in [3.8, 4) is 5.75 Å². The summed E-state index contributed by atoms with van der Waals surface area (Å²) in [6.07, 6.45) is 2.38. The molecule has 0 aromatic heterocycles. The van der Waals surface area contributed by atoms with E-state index < -0.39 is 5.97 Å². The van der Waals surface area contributed by atoms with Crippen molar-refractivity contribution in [1.82, 2.24) is 0 Å². The highest BCUT2D eigenvalue weighted by molar-refractivity contribution is 6.37. The minimum absolute atomic E-state index is 0.321. The Kier molecular flexibility index (Phi) is 3.79. The largest absolute Gasteiger partial charge is 0.490 e. The number of ether oxygens (including phenoxy) is 2. The minimum atomic E-state index is -0.470. The molecule has 0 heterocycles. The Morgan fingerprint density at radius 3 is 2.41 bits per heavy atom. The van der Waals surface area contributed by atoms with Crippen molar-refractivity contribution in [1.29, 1.82) is 0 Å². The van der Waals surface area contributed by atoms with Gasteiger partial charge in [-0.3, -0.25) is 0 Å². The Morgan fingerprint density at radius 2 is 1.94 bits per heavy atom. The fraction of sp³-hybridized carbons (Fsp3) is 0.417. The molecule has 1 aromatic carbocycles. The summed E-state index contributed by atoms with van der Waals surface area (Å²) in [5.74, 6) is 0.581. The lowest BCUT2D eigenvalue weighted by Gasteiger charge is -2.10. The van der Waals surface area contributed by atoms with Gasteiger partial charge < -0.3 is 9.47 Å². The van der Waals surface area contributed by atoms with Crippen LogP contribution in [0.15, 0.2) is 12.1 Å². The maximum atomic E-state index is 11.3. The molecule has 0 atom stereocenters. The van der Waals surface area contributed by atoms with Crippen LogP contribution in [0.25, 0.3) is 0 Å². The first-order valence-corrected chi connectivity index (χ1v) is 6.07. The summed E-state index contributed by atoms with van der Waals surface area (Å²) in [6.45, 7) is 0.622. The van der Waals surface area contributed by atoms with Crippen molar-refractivity contribution in [3.05, 3.63) is 27.7 Å². The summed E-state index contributed by atoms with van der Waals surface area (Å²) in [5, 5.41) is 0.664. The van der Waals surface area contributed by atoms with Crippen LogP contribution in [0.2, 0.25) is 10.0 Å². The summed E-state index contributed by atoms with van der Waals surface area (Å²) >= 11 is 12.0. The van der Waals surface area contributed by atoms with Gasteiger partial charge in [-0.15, -0.1) is 0 Å². The number of carbonyl (C=O) groups is 1. The Balaban J connectivity index is 2.18. The van der Waals surface area contributed by atoms with Crippen molar-refractivity contribution >= 4 is 29.2 Å². The molecule has 2 rings (SSSR count). The molecule has 0 unspecified atom stereocenters. The number of esters is 1. The predicted octanol–water partition coefficient (Wildman–Crippen LogP) is 3.57. The summed E-state index contributed by atoms with van der Waals surface area (Å²) in [7, 11) is 1.31. The fourth-order valence-electron chi connectivity index (χ4n) is 1.42. The Hall–Kier alpha value is -0.930. The van der Waals surface area contributed by atoms with Crippen LogP contribution in [0.4, 0.5) is 0 Å². The van der Waals surface area contributed by atoms with E-state index in [4.69, 9.17) is 27.9 Å². The molecule has 1 fully saturated rings. The predicted molar refractivity (Wildman–Crippen MR) is 66.0 cm³/mol. The van der Waals surface area contributed by atoms with Crippen molar-refractivity contribution in [2.75, 3.05) is 13.7 Å². The van der Waals surface area contributed by atoms with Crippen LogP contribution in [0.1, 0.15) is 23.2 Å². The fourth-order valence-corrected chi connectivity index (χ4v) is 2.02. The van der Waals surface area contributed by atoms with Gasteiger partial charge in [0.25, 0.3) is 0 Å². The summed E-state index contributed by atoms with van der Waals surface area (Å²) in [4.78, 5) is 11.3. The Bertz CT molecular complexity index is 418. The molecular formula is C12H12Cl2O3. The molecule has 0 aliphatic heterocycles. The SMILES string of the molecule is COC(=O)c1cc(Cl)c(OCC2CC2)c(Cl)c1. The van der Waals surface area contributed by atoms with E-state index in [1.807, 2.05) is 0 Å². The molecular weight excluding hydrogens is 263 g/mol. The number of hydrogen-bond acceptors (Lipinski definition) is 3. The first-order chi connectivity index (χ1) is 8.11. The highest BCUT2D eigenvalue weighted by atomic mass is 35.5. The average molecular weight is 275 g/mol. The van der Waals surface area contributed by atoms with Crippen LogP contribution in [0, 0.1) is 5.92 Å². The lowest BCUT2D eigenvalue weighted by atomic mass is 10.2. The highest BCUT2D eigenvalue weighted by Gasteiger charge is 2.23. The lowest BCUT2D eigenvalue weighted by Crippen LogP contribution is -2.04. The van der Waals surface area contributed by atoms with Gasteiger partial charge >= 0.3 is 5.97 Å². The molecule has 1 aliphatic rings. The van der Waals surface area contributed by atoms with Gasteiger partial charge in [-0.05, 0) is 30.9 Å². The number of rotatable bonds is 4. The van der Waals surface area contributed by atoms with Crippen LogP contribution in [-0.2, 0) is 4.74 Å². The van der Waals surface area contributed by atoms with Gasteiger partial charge in [-0.2, -0.15) is 0 Å². The van der Waals surface area contributed by atoms with Gasteiger partial charge in [-0.25, -0.2) is 4.79 Å². The molecule has 0 N–H and O–H groups in total. The molecule has 0 amide bonds. The molecule has 1 aliphatic carbocycles. The quantitative estimate of drug-likeness (QED) is 0.788. The van der Waals surface area contributed by atoms with Gasteiger partial charge in [0.2, 0.25) is 0 Å². The molecule has 0 saturated heterocycles. The zero-order valence-electron chi connectivity index (χ0n) is 9.33. The van der Waals surface area contributed by atoms with E-state index >= 15 is 0 Å². The van der Waals surface area contributed by atoms with E-state index in [-0.39, 0.29) is 0 Å². The van der Waals surface area contributed by atoms with Crippen LogP contribution < -0.4 is 4.74 Å². The molecule has 92 valence electrons. The third-order valence-corrected chi connectivity index (χ3v) is 3.14. The average Bonchev–Trinajstić information content (AvgIpc) is 3.10. The first kappa shape index (κ1) is 12.5.